The fraction of sp³-hybridized carbons (Fsp3) is 0.667. The molecule has 0 heterocycles. The first-order valence-electron chi connectivity index (χ1n) is 4.18. The van der Waals surface area contributed by atoms with Crippen LogP contribution in [0.5, 0.6) is 0 Å². The van der Waals surface area contributed by atoms with Gasteiger partial charge < -0.3 is 19.3 Å². The van der Waals surface area contributed by atoms with Crippen LogP contribution >= 0.6 is 0 Å². The molecule has 1 unspecified atom stereocenters. The van der Waals surface area contributed by atoms with E-state index in [0.717, 1.165) is 0 Å². The van der Waals surface area contributed by atoms with E-state index in [1.165, 1.54) is 14.2 Å². The van der Waals surface area contributed by atoms with Crippen molar-refractivity contribution >= 4 is 5.97 Å². The Hall–Kier alpha value is -0.910. The van der Waals surface area contributed by atoms with Crippen molar-refractivity contribution in [1.82, 2.24) is 0 Å². The smallest absolute Gasteiger partial charge is 0.336 e. The lowest BCUT2D eigenvalue weighted by Gasteiger charge is -2.20. The third-order valence-corrected chi connectivity index (χ3v) is 1.62. The first-order chi connectivity index (χ1) is 6.58. The largest absolute Gasteiger partial charge is 0.463 e. The lowest BCUT2D eigenvalue weighted by atomic mass is 10.1. The van der Waals surface area contributed by atoms with E-state index < -0.39 is 18.4 Å². The average molecular weight is 204 g/mol. The zero-order valence-electron chi connectivity index (χ0n) is 8.65. The molecule has 1 atom stereocenters. The summed E-state index contributed by atoms with van der Waals surface area (Å²) in [5, 5.41) is 9.52. The maximum Gasteiger partial charge on any atom is 0.336 e. The van der Waals surface area contributed by atoms with Crippen LogP contribution in [0.4, 0.5) is 0 Å². The van der Waals surface area contributed by atoms with Crippen LogP contribution in [0.15, 0.2) is 12.2 Å². The van der Waals surface area contributed by atoms with Gasteiger partial charge in [-0.3, -0.25) is 0 Å². The summed E-state index contributed by atoms with van der Waals surface area (Å²) >= 11 is 0. The van der Waals surface area contributed by atoms with Crippen LogP contribution in [0, 0.1) is 0 Å². The van der Waals surface area contributed by atoms with Crippen molar-refractivity contribution in [2.75, 3.05) is 20.8 Å². The predicted octanol–water partition coefficient (Wildman–Crippen LogP) is 0.0855. The van der Waals surface area contributed by atoms with E-state index >= 15 is 0 Å². The zero-order valence-corrected chi connectivity index (χ0v) is 8.65. The fourth-order valence-electron chi connectivity index (χ4n) is 0.863. The number of hydrogen-bond acceptors (Lipinski definition) is 5. The monoisotopic (exact) mass is 204 g/mol. The quantitative estimate of drug-likeness (QED) is 0.377. The fourth-order valence-corrected chi connectivity index (χ4v) is 0.863. The Morgan fingerprint density at radius 3 is 2.29 bits per heavy atom. The Bertz CT molecular complexity index is 197. The van der Waals surface area contributed by atoms with Crippen molar-refractivity contribution in [3.05, 3.63) is 12.2 Å². The van der Waals surface area contributed by atoms with E-state index in [1.807, 2.05) is 0 Å². The Balaban J connectivity index is 4.29. The van der Waals surface area contributed by atoms with E-state index in [2.05, 4.69) is 11.3 Å². The molecule has 1 N–H and O–H groups in total. The number of hydrogen-bond donors (Lipinski definition) is 1. The minimum absolute atomic E-state index is 0.0828. The van der Waals surface area contributed by atoms with Crippen LogP contribution in [0.1, 0.15) is 6.92 Å². The van der Waals surface area contributed by atoms with Gasteiger partial charge in [0, 0.05) is 14.2 Å². The first kappa shape index (κ1) is 13.1. The second-order valence-electron chi connectivity index (χ2n) is 2.53. The Morgan fingerprint density at radius 1 is 1.43 bits per heavy atom. The molecule has 0 aliphatic rings. The van der Waals surface area contributed by atoms with Gasteiger partial charge in [0.25, 0.3) is 0 Å². The van der Waals surface area contributed by atoms with Crippen molar-refractivity contribution in [3.8, 4) is 0 Å². The summed E-state index contributed by atoms with van der Waals surface area (Å²) in [6.45, 7) is 5.31. The highest BCUT2D eigenvalue weighted by molar-refractivity contribution is 5.88. The molecule has 14 heavy (non-hydrogen) atoms. The molecule has 5 heteroatoms. The second-order valence-corrected chi connectivity index (χ2v) is 2.53. The number of carbonyl (C=O) groups is 1. The van der Waals surface area contributed by atoms with E-state index in [1.54, 1.807) is 6.92 Å². The van der Waals surface area contributed by atoms with Gasteiger partial charge in [0.1, 0.15) is 6.10 Å². The molecule has 0 radical (unpaired) electrons. The molecule has 0 aliphatic carbocycles. The van der Waals surface area contributed by atoms with Crippen molar-refractivity contribution in [1.29, 1.82) is 0 Å². The van der Waals surface area contributed by atoms with Gasteiger partial charge >= 0.3 is 5.97 Å². The minimum Gasteiger partial charge on any atom is -0.463 e. The van der Waals surface area contributed by atoms with Gasteiger partial charge in [0.15, 0.2) is 6.29 Å². The summed E-state index contributed by atoms with van der Waals surface area (Å²) < 4.78 is 14.2. The van der Waals surface area contributed by atoms with Crippen LogP contribution in [-0.4, -0.2) is 44.3 Å². The molecule has 0 amide bonds. The van der Waals surface area contributed by atoms with Gasteiger partial charge in [-0.05, 0) is 6.92 Å². The molecular weight excluding hydrogens is 188 g/mol. The third kappa shape index (κ3) is 3.45. The molecule has 0 aromatic carbocycles. The van der Waals surface area contributed by atoms with Crippen LogP contribution in [0.3, 0.4) is 0 Å². The van der Waals surface area contributed by atoms with Gasteiger partial charge in [-0.15, -0.1) is 0 Å². The van der Waals surface area contributed by atoms with Gasteiger partial charge in [-0.1, -0.05) is 6.58 Å². The summed E-state index contributed by atoms with van der Waals surface area (Å²) in [5.74, 6) is -0.654. The number of carbonyl (C=O) groups excluding carboxylic acids is 1. The lowest BCUT2D eigenvalue weighted by molar-refractivity contribution is -0.161. The van der Waals surface area contributed by atoms with Crippen molar-refractivity contribution < 1.29 is 24.1 Å². The summed E-state index contributed by atoms with van der Waals surface area (Å²) in [4.78, 5) is 11.1. The third-order valence-electron chi connectivity index (χ3n) is 1.62. The highest BCUT2D eigenvalue weighted by Crippen LogP contribution is 2.09. The minimum atomic E-state index is -1.22. The normalized spacial score (nSPS) is 12.6. The number of rotatable bonds is 6. The van der Waals surface area contributed by atoms with E-state index in [4.69, 9.17) is 9.47 Å². The molecule has 5 nitrogen and oxygen atoms in total. The summed E-state index contributed by atoms with van der Waals surface area (Å²) in [7, 11) is 2.71. The van der Waals surface area contributed by atoms with Gasteiger partial charge in [0.05, 0.1) is 12.2 Å². The van der Waals surface area contributed by atoms with Gasteiger partial charge in [-0.2, -0.15) is 0 Å². The number of aliphatic hydroxyl groups is 1. The van der Waals surface area contributed by atoms with Crippen LogP contribution < -0.4 is 0 Å². The van der Waals surface area contributed by atoms with Crippen LogP contribution in [0.25, 0.3) is 0 Å². The van der Waals surface area contributed by atoms with Crippen molar-refractivity contribution in [2.45, 2.75) is 19.3 Å². The highest BCUT2D eigenvalue weighted by atomic mass is 16.7. The molecule has 0 rings (SSSR count). The Morgan fingerprint density at radius 2 is 1.93 bits per heavy atom. The van der Waals surface area contributed by atoms with Crippen LogP contribution in [0.2, 0.25) is 0 Å². The molecule has 0 bridgehead atoms. The number of esters is 1. The second kappa shape index (κ2) is 6.53. The molecule has 0 saturated carbocycles. The SMILES string of the molecule is C=C(C(=O)OCC)C(O)C(OC)OC. The van der Waals surface area contributed by atoms with Crippen molar-refractivity contribution in [3.63, 3.8) is 0 Å². The molecule has 82 valence electrons. The number of ether oxygens (including phenoxy) is 3. The average Bonchev–Trinajstić information content (AvgIpc) is 2.18. The van der Waals surface area contributed by atoms with E-state index in [9.17, 15) is 9.90 Å². The predicted molar refractivity (Wildman–Crippen MR) is 49.6 cm³/mol. The molecule has 0 fully saturated rings. The topological polar surface area (TPSA) is 65.0 Å². The van der Waals surface area contributed by atoms with E-state index in [-0.39, 0.29) is 12.2 Å². The van der Waals surface area contributed by atoms with Gasteiger partial charge in [0.2, 0.25) is 0 Å². The molecule has 0 spiro atoms. The Labute approximate surface area is 83.3 Å². The van der Waals surface area contributed by atoms with Crippen LogP contribution in [-0.2, 0) is 19.0 Å². The molecule has 0 aromatic heterocycles. The summed E-state index contributed by atoms with van der Waals surface area (Å²) in [5.41, 5.74) is -0.0828. The summed E-state index contributed by atoms with van der Waals surface area (Å²) in [6.07, 6.45) is -2.13. The Kier molecular flexibility index (Phi) is 6.11. The van der Waals surface area contributed by atoms with E-state index in [0.29, 0.717) is 0 Å². The maximum absolute atomic E-state index is 11.1. The molecule has 0 saturated heterocycles. The van der Waals surface area contributed by atoms with Crippen molar-refractivity contribution in [2.24, 2.45) is 0 Å². The maximum atomic E-state index is 11.1. The molecule has 0 aromatic rings. The number of aliphatic hydroxyl groups excluding tert-OH is 1. The molecule has 0 aliphatic heterocycles. The standard InChI is InChI=1S/C9H16O5/c1-5-14-8(11)6(2)7(10)9(12-3)13-4/h7,9-10H,2,5H2,1,3-4H3. The zero-order chi connectivity index (χ0) is 11.1. The first-order valence-corrected chi connectivity index (χ1v) is 4.18. The molecular formula is C9H16O5. The summed E-state index contributed by atoms with van der Waals surface area (Å²) in [6, 6.07) is 0. The highest BCUT2D eigenvalue weighted by Gasteiger charge is 2.26. The number of methoxy groups -OCH3 is 2. The van der Waals surface area contributed by atoms with Gasteiger partial charge in [-0.25, -0.2) is 4.79 Å². The lowest BCUT2D eigenvalue weighted by Crippen LogP contribution is -2.34.